The maximum Gasteiger partial charge on any atom is 0.272 e. The monoisotopic (exact) mass is 348 g/mol. The molecule has 0 radical (unpaired) electrons. The van der Waals surface area contributed by atoms with Crippen LogP contribution in [-0.4, -0.2) is 20.3 Å². The van der Waals surface area contributed by atoms with Gasteiger partial charge < -0.3 is 9.88 Å². The molecule has 1 N–H and O–H groups in total. The Morgan fingerprint density at radius 2 is 1.85 bits per heavy atom. The van der Waals surface area contributed by atoms with Crippen molar-refractivity contribution in [3.63, 3.8) is 0 Å². The van der Waals surface area contributed by atoms with Crippen molar-refractivity contribution >= 4 is 22.5 Å². The summed E-state index contributed by atoms with van der Waals surface area (Å²) < 4.78 is 17.3. The van der Waals surface area contributed by atoms with Gasteiger partial charge in [0.25, 0.3) is 5.91 Å². The van der Waals surface area contributed by atoms with E-state index in [0.717, 1.165) is 10.9 Å². The van der Waals surface area contributed by atoms with Crippen LogP contribution < -0.4 is 5.32 Å². The molecule has 6 heteroatoms. The molecule has 4 aromatic rings. The van der Waals surface area contributed by atoms with Crippen LogP contribution in [0.5, 0.6) is 0 Å². The van der Waals surface area contributed by atoms with Gasteiger partial charge in [-0.15, -0.1) is 0 Å². The van der Waals surface area contributed by atoms with Crippen LogP contribution in [0.15, 0.2) is 60.8 Å². The Labute approximate surface area is 149 Å². The molecule has 0 unspecified atom stereocenters. The fourth-order valence-electron chi connectivity index (χ4n) is 3.09. The van der Waals surface area contributed by atoms with Gasteiger partial charge in [-0.3, -0.25) is 4.79 Å². The highest BCUT2D eigenvalue weighted by atomic mass is 19.1. The number of hydrogen-bond donors (Lipinski definition) is 1. The molecular formula is C20H17FN4O. The molecule has 0 saturated carbocycles. The van der Waals surface area contributed by atoms with Crippen molar-refractivity contribution in [1.82, 2.24) is 14.3 Å². The van der Waals surface area contributed by atoms with E-state index in [0.29, 0.717) is 22.8 Å². The van der Waals surface area contributed by atoms with E-state index < -0.39 is 0 Å². The summed E-state index contributed by atoms with van der Waals surface area (Å²) in [6.45, 7) is 1.79. The lowest BCUT2D eigenvalue weighted by molar-refractivity contribution is 0.101. The van der Waals surface area contributed by atoms with Gasteiger partial charge in [0, 0.05) is 18.0 Å². The van der Waals surface area contributed by atoms with E-state index in [-0.39, 0.29) is 11.7 Å². The summed E-state index contributed by atoms with van der Waals surface area (Å²) in [5.74, 6) is -0.606. The topological polar surface area (TPSA) is 51.9 Å². The molecule has 130 valence electrons. The Kier molecular flexibility index (Phi) is 3.80. The molecule has 4 rings (SSSR count). The van der Waals surface area contributed by atoms with Crippen LogP contribution in [-0.2, 0) is 7.05 Å². The number of nitrogens with one attached hydrogen (secondary N) is 1. The van der Waals surface area contributed by atoms with Crippen molar-refractivity contribution in [1.29, 1.82) is 0 Å². The number of para-hydroxylation sites is 2. The van der Waals surface area contributed by atoms with Gasteiger partial charge in [0.2, 0.25) is 0 Å². The van der Waals surface area contributed by atoms with Gasteiger partial charge in [-0.25, -0.2) is 9.07 Å². The summed E-state index contributed by atoms with van der Waals surface area (Å²) >= 11 is 0. The standard InChI is InChI=1S/C20H17FN4O/c1-13-16(12-22-25(13)18-10-6-4-8-15(18)21)23-20(26)19-11-14-7-3-5-9-17(14)24(19)2/h3-12H,1-2H3,(H,23,26). The second kappa shape index (κ2) is 6.15. The first-order chi connectivity index (χ1) is 12.6. The minimum atomic E-state index is -0.370. The number of carbonyl (C=O) groups excluding carboxylic acids is 1. The Balaban J connectivity index is 1.66. The van der Waals surface area contributed by atoms with Crippen LogP contribution in [0.2, 0.25) is 0 Å². The molecule has 2 aromatic carbocycles. The first-order valence-electron chi connectivity index (χ1n) is 8.21. The number of rotatable bonds is 3. The maximum atomic E-state index is 14.0. The van der Waals surface area contributed by atoms with Crippen LogP contribution in [0, 0.1) is 12.7 Å². The van der Waals surface area contributed by atoms with Gasteiger partial charge >= 0.3 is 0 Å². The molecule has 0 aliphatic carbocycles. The largest absolute Gasteiger partial charge is 0.340 e. The van der Waals surface area contributed by atoms with E-state index in [9.17, 15) is 9.18 Å². The summed E-state index contributed by atoms with van der Waals surface area (Å²) in [5, 5.41) is 8.09. The van der Waals surface area contributed by atoms with Crippen molar-refractivity contribution in [3.05, 3.63) is 78.0 Å². The van der Waals surface area contributed by atoms with Crippen molar-refractivity contribution in [2.24, 2.45) is 7.05 Å². The van der Waals surface area contributed by atoms with E-state index in [1.807, 2.05) is 41.9 Å². The van der Waals surface area contributed by atoms with Crippen molar-refractivity contribution in [3.8, 4) is 5.69 Å². The molecule has 26 heavy (non-hydrogen) atoms. The first kappa shape index (κ1) is 16.1. The zero-order valence-corrected chi connectivity index (χ0v) is 14.4. The number of carbonyl (C=O) groups is 1. The predicted octanol–water partition coefficient (Wildman–Crippen LogP) is 4.06. The van der Waals surface area contributed by atoms with Gasteiger partial charge in [0.15, 0.2) is 0 Å². The lowest BCUT2D eigenvalue weighted by Crippen LogP contribution is -2.16. The molecule has 2 aromatic heterocycles. The maximum absolute atomic E-state index is 14.0. The molecule has 0 saturated heterocycles. The second-order valence-corrected chi connectivity index (χ2v) is 6.11. The molecule has 0 fully saturated rings. The van der Waals surface area contributed by atoms with Gasteiger partial charge in [0.1, 0.15) is 17.2 Å². The fraction of sp³-hybridized carbons (Fsp3) is 0.100. The molecule has 0 aliphatic rings. The number of aryl methyl sites for hydroxylation is 1. The van der Waals surface area contributed by atoms with Gasteiger partial charge in [-0.1, -0.05) is 30.3 Å². The molecule has 0 bridgehead atoms. The summed E-state index contributed by atoms with van der Waals surface area (Å²) in [4.78, 5) is 12.7. The number of hydrogen-bond acceptors (Lipinski definition) is 2. The Hall–Kier alpha value is -3.41. The Bertz CT molecular complexity index is 1130. The zero-order chi connectivity index (χ0) is 18.3. The number of amides is 1. The highest BCUT2D eigenvalue weighted by Gasteiger charge is 2.17. The van der Waals surface area contributed by atoms with Crippen molar-refractivity contribution < 1.29 is 9.18 Å². The summed E-state index contributed by atoms with van der Waals surface area (Å²) in [5.41, 5.74) is 3.07. The average Bonchev–Trinajstić information content (AvgIpc) is 3.17. The Morgan fingerprint density at radius 1 is 1.12 bits per heavy atom. The first-order valence-corrected chi connectivity index (χ1v) is 8.21. The van der Waals surface area contributed by atoms with E-state index in [2.05, 4.69) is 10.4 Å². The van der Waals surface area contributed by atoms with Crippen LogP contribution in [0.4, 0.5) is 10.1 Å². The molecule has 1 amide bonds. The van der Waals surface area contributed by atoms with Crippen LogP contribution in [0.1, 0.15) is 16.2 Å². The number of halogens is 1. The van der Waals surface area contributed by atoms with E-state index in [4.69, 9.17) is 0 Å². The Morgan fingerprint density at radius 3 is 2.62 bits per heavy atom. The van der Waals surface area contributed by atoms with Gasteiger partial charge in [-0.05, 0) is 31.2 Å². The predicted molar refractivity (Wildman–Crippen MR) is 99.1 cm³/mol. The van der Waals surface area contributed by atoms with Crippen LogP contribution in [0.3, 0.4) is 0 Å². The fourth-order valence-corrected chi connectivity index (χ4v) is 3.09. The summed E-state index contributed by atoms with van der Waals surface area (Å²) in [7, 11) is 1.85. The quantitative estimate of drug-likeness (QED) is 0.607. The van der Waals surface area contributed by atoms with Gasteiger partial charge in [-0.2, -0.15) is 5.10 Å². The average molecular weight is 348 g/mol. The zero-order valence-electron chi connectivity index (χ0n) is 14.4. The van der Waals surface area contributed by atoms with E-state index >= 15 is 0 Å². The van der Waals surface area contributed by atoms with Crippen LogP contribution in [0.25, 0.3) is 16.6 Å². The molecule has 5 nitrogen and oxygen atoms in total. The molecule has 0 aliphatic heterocycles. The van der Waals surface area contributed by atoms with Gasteiger partial charge in [0.05, 0.1) is 17.6 Å². The lowest BCUT2D eigenvalue weighted by Gasteiger charge is -2.08. The van der Waals surface area contributed by atoms with E-state index in [1.54, 1.807) is 25.1 Å². The third-order valence-electron chi connectivity index (χ3n) is 4.52. The summed E-state index contributed by atoms with van der Waals surface area (Å²) in [6.07, 6.45) is 1.53. The third-order valence-corrected chi connectivity index (χ3v) is 4.52. The minimum Gasteiger partial charge on any atom is -0.340 e. The second-order valence-electron chi connectivity index (χ2n) is 6.11. The molecule has 0 spiro atoms. The highest BCUT2D eigenvalue weighted by Crippen LogP contribution is 2.23. The third kappa shape index (κ3) is 2.56. The number of anilines is 1. The smallest absolute Gasteiger partial charge is 0.272 e. The lowest BCUT2D eigenvalue weighted by atomic mass is 10.2. The summed E-state index contributed by atoms with van der Waals surface area (Å²) in [6, 6.07) is 16.0. The molecular weight excluding hydrogens is 331 g/mol. The number of aromatic nitrogens is 3. The van der Waals surface area contributed by atoms with E-state index in [1.165, 1.54) is 16.9 Å². The number of fused-ring (bicyclic) bond motifs is 1. The molecule has 2 heterocycles. The highest BCUT2D eigenvalue weighted by molar-refractivity contribution is 6.06. The van der Waals surface area contributed by atoms with Crippen molar-refractivity contribution in [2.75, 3.05) is 5.32 Å². The normalized spacial score (nSPS) is 11.0. The van der Waals surface area contributed by atoms with Crippen LogP contribution >= 0.6 is 0 Å². The SMILES string of the molecule is Cc1c(NC(=O)c2cc3ccccc3n2C)cnn1-c1ccccc1F. The number of nitrogens with zero attached hydrogens (tertiary/aromatic N) is 3. The minimum absolute atomic E-state index is 0.236. The van der Waals surface area contributed by atoms with Crippen molar-refractivity contribution in [2.45, 2.75) is 6.92 Å². The molecule has 0 atom stereocenters. The number of benzene rings is 2.